The minimum Gasteiger partial charge on any atom is -0.339 e. The molecule has 0 aliphatic heterocycles. The van der Waals surface area contributed by atoms with Crippen molar-refractivity contribution in [2.45, 2.75) is 39.4 Å². The zero-order valence-corrected chi connectivity index (χ0v) is 22.7. The van der Waals surface area contributed by atoms with Crippen LogP contribution in [0.25, 0.3) is 5.82 Å². The predicted octanol–water partition coefficient (Wildman–Crippen LogP) is 6.44. The van der Waals surface area contributed by atoms with Gasteiger partial charge in [0.2, 0.25) is 0 Å². The van der Waals surface area contributed by atoms with Crippen LogP contribution in [0.4, 0.5) is 24.7 Å². The van der Waals surface area contributed by atoms with E-state index in [1.807, 2.05) is 26.0 Å². The highest BCUT2D eigenvalue weighted by Crippen LogP contribution is 2.32. The molecule has 39 heavy (non-hydrogen) atoms. The highest BCUT2D eigenvalue weighted by atomic mass is 35.5. The van der Waals surface area contributed by atoms with E-state index in [1.165, 1.54) is 12.4 Å². The number of alkyl halides is 3. The van der Waals surface area contributed by atoms with Crippen LogP contribution in [0.1, 0.15) is 45.4 Å². The number of ketones is 1. The number of aryl methyl sites for hydroxylation is 2. The molecule has 4 rings (SSSR count). The lowest BCUT2D eigenvalue weighted by molar-refractivity contribution is -0.137. The van der Waals surface area contributed by atoms with Gasteiger partial charge in [-0.15, -0.1) is 0 Å². The van der Waals surface area contributed by atoms with Crippen molar-refractivity contribution in [1.82, 2.24) is 24.6 Å². The number of carbonyl (C=O) groups excluding carboxylic acids is 1. The first kappa shape index (κ1) is 28.3. The summed E-state index contributed by atoms with van der Waals surface area (Å²) in [5.74, 6) is 0.756. The molecule has 0 unspecified atom stereocenters. The Morgan fingerprint density at radius 2 is 1.82 bits per heavy atom. The first-order valence-corrected chi connectivity index (χ1v) is 12.6. The standard InChI is InChI=1S/C28H28ClF3N6O/c1-5-22-14-26(34-16-33-22)38-27(8-17(2)36-38)35-24-11-18(6-7-23(24)29)12-25(39)20-9-19(15-37(3)4)10-21(13-20)28(30,31)32/h6-11,13-14,16,35H,5,12,15H2,1-4H3. The summed E-state index contributed by atoms with van der Waals surface area (Å²) >= 11 is 6.46. The summed E-state index contributed by atoms with van der Waals surface area (Å²) in [5.41, 5.74) is 2.30. The largest absolute Gasteiger partial charge is 0.416 e. The molecule has 2 aromatic carbocycles. The molecule has 0 spiro atoms. The number of hydrogen-bond acceptors (Lipinski definition) is 6. The summed E-state index contributed by atoms with van der Waals surface area (Å²) in [6.45, 7) is 4.12. The molecule has 2 heterocycles. The Morgan fingerprint density at radius 1 is 1.05 bits per heavy atom. The van der Waals surface area contributed by atoms with Gasteiger partial charge in [-0.05, 0) is 68.9 Å². The minimum absolute atomic E-state index is 0.00956. The Balaban J connectivity index is 1.61. The maximum atomic E-state index is 13.5. The van der Waals surface area contributed by atoms with Crippen LogP contribution in [0.5, 0.6) is 0 Å². The Labute approximate surface area is 229 Å². The molecule has 1 N–H and O–H groups in total. The Morgan fingerprint density at radius 3 is 2.51 bits per heavy atom. The van der Waals surface area contributed by atoms with Gasteiger partial charge >= 0.3 is 6.18 Å². The molecule has 0 radical (unpaired) electrons. The van der Waals surface area contributed by atoms with E-state index >= 15 is 0 Å². The molecular formula is C28H28ClF3N6O. The average molecular weight is 557 g/mol. The normalized spacial score (nSPS) is 11.7. The van der Waals surface area contributed by atoms with Crippen molar-refractivity contribution in [3.05, 3.63) is 93.5 Å². The van der Waals surface area contributed by atoms with E-state index in [9.17, 15) is 18.0 Å². The van der Waals surface area contributed by atoms with Gasteiger partial charge in [0.25, 0.3) is 0 Å². The van der Waals surface area contributed by atoms with E-state index < -0.39 is 17.5 Å². The highest BCUT2D eigenvalue weighted by molar-refractivity contribution is 6.33. The Bertz CT molecular complexity index is 1500. The van der Waals surface area contributed by atoms with Gasteiger partial charge < -0.3 is 10.2 Å². The van der Waals surface area contributed by atoms with Gasteiger partial charge in [0.1, 0.15) is 12.1 Å². The van der Waals surface area contributed by atoms with Gasteiger partial charge in [0.05, 0.1) is 22.0 Å². The molecule has 4 aromatic rings. The number of nitrogens with zero attached hydrogens (tertiary/aromatic N) is 5. The SMILES string of the molecule is CCc1cc(-n2nc(C)cc2Nc2cc(CC(=O)c3cc(CN(C)C)cc(C(F)(F)F)c3)ccc2Cl)ncn1. The van der Waals surface area contributed by atoms with Crippen molar-refractivity contribution in [2.75, 3.05) is 19.4 Å². The van der Waals surface area contributed by atoms with E-state index in [1.54, 1.807) is 41.9 Å². The van der Waals surface area contributed by atoms with Crippen molar-refractivity contribution < 1.29 is 18.0 Å². The number of benzene rings is 2. The van der Waals surface area contributed by atoms with Crippen molar-refractivity contribution in [3.63, 3.8) is 0 Å². The quantitative estimate of drug-likeness (QED) is 0.239. The summed E-state index contributed by atoms with van der Waals surface area (Å²) in [4.78, 5) is 23.4. The number of nitrogens with one attached hydrogen (secondary N) is 1. The van der Waals surface area contributed by atoms with Crippen LogP contribution >= 0.6 is 11.6 Å². The third-order valence-electron chi connectivity index (χ3n) is 5.92. The van der Waals surface area contributed by atoms with Crippen LogP contribution in [0.3, 0.4) is 0 Å². The molecule has 0 aliphatic carbocycles. The van der Waals surface area contributed by atoms with E-state index in [2.05, 4.69) is 20.4 Å². The monoisotopic (exact) mass is 556 g/mol. The molecule has 204 valence electrons. The second kappa shape index (κ2) is 11.5. The molecular weight excluding hydrogens is 529 g/mol. The molecule has 0 atom stereocenters. The number of aromatic nitrogens is 4. The fourth-order valence-electron chi connectivity index (χ4n) is 4.13. The fourth-order valence-corrected chi connectivity index (χ4v) is 4.30. The number of carbonyl (C=O) groups is 1. The van der Waals surface area contributed by atoms with Crippen LogP contribution in [0.2, 0.25) is 5.02 Å². The van der Waals surface area contributed by atoms with Crippen molar-refractivity contribution in [1.29, 1.82) is 0 Å². The zero-order valence-electron chi connectivity index (χ0n) is 22.0. The number of rotatable bonds is 9. The third kappa shape index (κ3) is 7.01. The number of hydrogen-bond donors (Lipinski definition) is 1. The Kier molecular flexibility index (Phi) is 8.36. The molecule has 7 nitrogen and oxygen atoms in total. The van der Waals surface area contributed by atoms with E-state index in [0.29, 0.717) is 33.5 Å². The maximum Gasteiger partial charge on any atom is 0.416 e. The van der Waals surface area contributed by atoms with Crippen LogP contribution in [-0.4, -0.2) is 44.5 Å². The first-order chi connectivity index (χ1) is 18.4. The number of anilines is 2. The lowest BCUT2D eigenvalue weighted by Gasteiger charge is -2.15. The van der Waals surface area contributed by atoms with Gasteiger partial charge in [-0.3, -0.25) is 4.79 Å². The molecule has 0 saturated carbocycles. The van der Waals surface area contributed by atoms with Crippen molar-refractivity contribution >= 4 is 28.9 Å². The molecule has 2 aromatic heterocycles. The predicted molar refractivity (Wildman–Crippen MR) is 145 cm³/mol. The lowest BCUT2D eigenvalue weighted by Crippen LogP contribution is -2.15. The molecule has 0 saturated heterocycles. The lowest BCUT2D eigenvalue weighted by atomic mass is 9.98. The molecule has 0 fully saturated rings. The van der Waals surface area contributed by atoms with Gasteiger partial charge in [0.15, 0.2) is 11.6 Å². The number of Topliss-reactive ketones (excluding diaryl/α,β-unsaturated/α-hetero) is 1. The van der Waals surface area contributed by atoms with Gasteiger partial charge in [-0.2, -0.15) is 23.0 Å². The van der Waals surface area contributed by atoms with Crippen LogP contribution in [-0.2, 0) is 25.6 Å². The van der Waals surface area contributed by atoms with Gasteiger partial charge in [0, 0.05) is 36.4 Å². The number of halogens is 4. The van der Waals surface area contributed by atoms with E-state index in [-0.39, 0.29) is 18.5 Å². The summed E-state index contributed by atoms with van der Waals surface area (Å²) < 4.78 is 42.2. The van der Waals surface area contributed by atoms with E-state index in [0.717, 1.165) is 29.9 Å². The van der Waals surface area contributed by atoms with Crippen LogP contribution in [0, 0.1) is 6.92 Å². The van der Waals surface area contributed by atoms with E-state index in [4.69, 9.17) is 11.6 Å². The Hall–Kier alpha value is -3.76. The molecule has 0 bridgehead atoms. The first-order valence-electron chi connectivity index (χ1n) is 12.3. The topological polar surface area (TPSA) is 75.9 Å². The smallest absolute Gasteiger partial charge is 0.339 e. The van der Waals surface area contributed by atoms with Crippen molar-refractivity contribution in [3.8, 4) is 5.82 Å². The average Bonchev–Trinajstić information content (AvgIpc) is 3.24. The second-order valence-electron chi connectivity index (χ2n) is 9.50. The van der Waals surface area contributed by atoms with Crippen LogP contribution in [0.15, 0.2) is 54.9 Å². The zero-order chi connectivity index (χ0) is 28.3. The van der Waals surface area contributed by atoms with Crippen LogP contribution < -0.4 is 5.32 Å². The summed E-state index contributed by atoms with van der Waals surface area (Å²) in [5, 5.41) is 8.18. The highest BCUT2D eigenvalue weighted by Gasteiger charge is 2.31. The molecule has 11 heteroatoms. The fraction of sp³-hybridized carbons (Fsp3) is 0.286. The molecule has 0 amide bonds. The summed E-state index contributed by atoms with van der Waals surface area (Å²) in [7, 11) is 3.51. The molecule has 0 aliphatic rings. The minimum atomic E-state index is -4.56. The second-order valence-corrected chi connectivity index (χ2v) is 9.90. The summed E-state index contributed by atoms with van der Waals surface area (Å²) in [6, 6.07) is 12.2. The van der Waals surface area contributed by atoms with Gasteiger partial charge in [-0.1, -0.05) is 24.6 Å². The maximum absolute atomic E-state index is 13.5. The van der Waals surface area contributed by atoms with Crippen molar-refractivity contribution in [2.24, 2.45) is 0 Å². The summed E-state index contributed by atoms with van der Waals surface area (Å²) in [6.07, 6.45) is -2.44. The third-order valence-corrected chi connectivity index (χ3v) is 6.25. The van der Waals surface area contributed by atoms with Gasteiger partial charge in [-0.25, -0.2) is 9.97 Å².